The molecule has 0 saturated heterocycles. The largest absolute Gasteiger partial charge is 0.357 e. The van der Waals surface area contributed by atoms with Crippen molar-refractivity contribution in [1.82, 2.24) is 15.1 Å². The minimum atomic E-state index is 0. The molecule has 0 aliphatic rings. The van der Waals surface area contributed by atoms with E-state index in [4.69, 9.17) is 0 Å². The molecule has 0 unspecified atom stereocenters. The number of carbonyl (C=O) groups excluding carboxylic acids is 1. The van der Waals surface area contributed by atoms with Crippen molar-refractivity contribution in [2.45, 2.75) is 39.7 Å². The van der Waals surface area contributed by atoms with Crippen LogP contribution in [0.3, 0.4) is 0 Å². The molecular formula is C19H33IN4O. The first kappa shape index (κ1) is 23.7. The normalized spacial score (nSPS) is 10.8. The highest BCUT2D eigenvalue weighted by atomic mass is 127. The highest BCUT2D eigenvalue weighted by Gasteiger charge is 2.10. The molecule has 0 aromatic heterocycles. The van der Waals surface area contributed by atoms with Gasteiger partial charge in [-0.15, -0.1) is 24.0 Å². The molecule has 1 amide bonds. The van der Waals surface area contributed by atoms with Gasteiger partial charge in [-0.2, -0.15) is 0 Å². The second-order valence-electron chi connectivity index (χ2n) is 6.00. The van der Waals surface area contributed by atoms with Crippen molar-refractivity contribution in [3.05, 3.63) is 35.9 Å². The average Bonchev–Trinajstić information content (AvgIpc) is 2.59. The summed E-state index contributed by atoms with van der Waals surface area (Å²) in [5, 5.41) is 3.29. The van der Waals surface area contributed by atoms with E-state index in [9.17, 15) is 4.79 Å². The lowest BCUT2D eigenvalue weighted by Gasteiger charge is -2.22. The predicted octanol–water partition coefficient (Wildman–Crippen LogP) is 3.35. The van der Waals surface area contributed by atoms with Crippen LogP contribution in [0, 0.1) is 0 Å². The Labute approximate surface area is 169 Å². The second-order valence-corrected chi connectivity index (χ2v) is 6.00. The minimum absolute atomic E-state index is 0. The number of amides is 1. The SMILES string of the molecule is CCCCN(C)C(=NCCC(=O)N(C)Cc1ccccc1)NCC.I. The van der Waals surface area contributed by atoms with E-state index in [1.165, 1.54) is 0 Å². The van der Waals surface area contributed by atoms with Gasteiger partial charge in [-0.25, -0.2) is 0 Å². The molecule has 1 aromatic carbocycles. The van der Waals surface area contributed by atoms with E-state index in [-0.39, 0.29) is 29.9 Å². The van der Waals surface area contributed by atoms with E-state index >= 15 is 0 Å². The third-order valence-electron chi connectivity index (χ3n) is 3.82. The quantitative estimate of drug-likeness (QED) is 0.349. The van der Waals surface area contributed by atoms with E-state index in [1.54, 1.807) is 4.90 Å². The van der Waals surface area contributed by atoms with Crippen molar-refractivity contribution >= 4 is 35.8 Å². The van der Waals surface area contributed by atoms with Crippen LogP contribution in [0.4, 0.5) is 0 Å². The minimum Gasteiger partial charge on any atom is -0.357 e. The predicted molar refractivity (Wildman–Crippen MR) is 116 cm³/mol. The number of unbranched alkanes of at least 4 members (excludes halogenated alkanes) is 1. The highest BCUT2D eigenvalue weighted by molar-refractivity contribution is 14.0. The maximum absolute atomic E-state index is 12.3. The van der Waals surface area contributed by atoms with Gasteiger partial charge in [-0.05, 0) is 18.9 Å². The Hall–Kier alpha value is -1.31. The van der Waals surface area contributed by atoms with E-state index in [0.29, 0.717) is 19.5 Å². The van der Waals surface area contributed by atoms with Gasteiger partial charge in [0.25, 0.3) is 0 Å². The summed E-state index contributed by atoms with van der Waals surface area (Å²) < 4.78 is 0. The summed E-state index contributed by atoms with van der Waals surface area (Å²) in [6.07, 6.45) is 2.73. The molecule has 0 fully saturated rings. The number of hydrogen-bond donors (Lipinski definition) is 1. The van der Waals surface area contributed by atoms with Gasteiger partial charge in [-0.3, -0.25) is 9.79 Å². The number of guanidine groups is 1. The number of aliphatic imine (C=N–C) groups is 1. The summed E-state index contributed by atoms with van der Waals surface area (Å²) in [6.45, 7) is 7.19. The standard InChI is InChI=1S/C19H32N4O.HI/c1-5-7-15-22(3)19(20-6-2)21-14-13-18(24)23(4)16-17-11-9-8-10-12-17;/h8-12H,5-7,13-16H2,1-4H3,(H,20,21);1H. The molecule has 0 spiro atoms. The van der Waals surface area contributed by atoms with Crippen LogP contribution in [-0.2, 0) is 11.3 Å². The van der Waals surface area contributed by atoms with E-state index in [0.717, 1.165) is 37.5 Å². The van der Waals surface area contributed by atoms with E-state index in [2.05, 4.69) is 29.1 Å². The zero-order valence-electron chi connectivity index (χ0n) is 16.0. The molecule has 142 valence electrons. The van der Waals surface area contributed by atoms with Crippen LogP contribution in [0.5, 0.6) is 0 Å². The van der Waals surface area contributed by atoms with Crippen molar-refractivity contribution in [3.63, 3.8) is 0 Å². The molecule has 0 bridgehead atoms. The van der Waals surface area contributed by atoms with Crippen LogP contribution in [0.2, 0.25) is 0 Å². The van der Waals surface area contributed by atoms with E-state index in [1.807, 2.05) is 44.4 Å². The monoisotopic (exact) mass is 460 g/mol. The lowest BCUT2D eigenvalue weighted by atomic mass is 10.2. The molecular weight excluding hydrogens is 427 g/mol. The fraction of sp³-hybridized carbons (Fsp3) is 0.579. The number of nitrogens with one attached hydrogen (secondary N) is 1. The maximum atomic E-state index is 12.3. The van der Waals surface area contributed by atoms with E-state index < -0.39 is 0 Å². The van der Waals surface area contributed by atoms with Crippen molar-refractivity contribution in [2.24, 2.45) is 4.99 Å². The number of nitrogens with zero attached hydrogens (tertiary/aromatic N) is 3. The molecule has 0 aliphatic carbocycles. The Morgan fingerprint density at radius 3 is 2.40 bits per heavy atom. The van der Waals surface area contributed by atoms with Crippen LogP contribution in [0.25, 0.3) is 0 Å². The molecule has 0 heterocycles. The number of rotatable bonds is 9. The van der Waals surface area contributed by atoms with Crippen LogP contribution < -0.4 is 5.32 Å². The molecule has 6 heteroatoms. The highest BCUT2D eigenvalue weighted by Crippen LogP contribution is 2.04. The third kappa shape index (κ3) is 9.67. The second kappa shape index (κ2) is 13.9. The first-order chi connectivity index (χ1) is 11.6. The summed E-state index contributed by atoms with van der Waals surface area (Å²) in [5.41, 5.74) is 1.14. The van der Waals surface area contributed by atoms with Gasteiger partial charge in [-0.1, -0.05) is 43.7 Å². The molecule has 1 N–H and O–H groups in total. The lowest BCUT2D eigenvalue weighted by molar-refractivity contribution is -0.130. The number of halogens is 1. The zero-order chi connectivity index (χ0) is 17.8. The molecule has 0 atom stereocenters. The number of hydrogen-bond acceptors (Lipinski definition) is 2. The maximum Gasteiger partial charge on any atom is 0.224 e. The van der Waals surface area contributed by atoms with Gasteiger partial charge in [0.2, 0.25) is 5.91 Å². The first-order valence-corrected chi connectivity index (χ1v) is 8.85. The van der Waals surface area contributed by atoms with Crippen molar-refractivity contribution in [2.75, 3.05) is 33.7 Å². The number of carbonyl (C=O) groups is 1. The fourth-order valence-corrected chi connectivity index (χ4v) is 2.36. The smallest absolute Gasteiger partial charge is 0.224 e. The molecule has 5 nitrogen and oxygen atoms in total. The van der Waals surface area contributed by atoms with Crippen LogP contribution in [0.1, 0.15) is 38.7 Å². The topological polar surface area (TPSA) is 47.9 Å². The van der Waals surface area contributed by atoms with Gasteiger partial charge < -0.3 is 15.1 Å². The average molecular weight is 460 g/mol. The summed E-state index contributed by atoms with van der Waals surface area (Å²) in [7, 11) is 3.89. The first-order valence-electron chi connectivity index (χ1n) is 8.85. The third-order valence-corrected chi connectivity index (χ3v) is 3.82. The van der Waals surface area contributed by atoms with Gasteiger partial charge in [0, 0.05) is 40.2 Å². The van der Waals surface area contributed by atoms with Crippen LogP contribution >= 0.6 is 24.0 Å². The Morgan fingerprint density at radius 1 is 1.12 bits per heavy atom. The summed E-state index contributed by atoms with van der Waals surface area (Å²) >= 11 is 0. The number of benzene rings is 1. The zero-order valence-corrected chi connectivity index (χ0v) is 18.3. The van der Waals surface area contributed by atoms with Crippen molar-refractivity contribution < 1.29 is 4.79 Å². The Bertz CT molecular complexity index is 507. The molecule has 1 aromatic rings. The summed E-state index contributed by atoms with van der Waals surface area (Å²) in [5.74, 6) is 0.999. The fourth-order valence-electron chi connectivity index (χ4n) is 2.36. The molecule has 25 heavy (non-hydrogen) atoms. The van der Waals surface area contributed by atoms with Crippen molar-refractivity contribution in [3.8, 4) is 0 Å². The van der Waals surface area contributed by atoms with Gasteiger partial charge >= 0.3 is 0 Å². The van der Waals surface area contributed by atoms with Crippen LogP contribution in [0.15, 0.2) is 35.3 Å². The Kier molecular flexibility index (Phi) is 13.2. The molecule has 1 rings (SSSR count). The summed E-state index contributed by atoms with van der Waals surface area (Å²) in [4.78, 5) is 20.7. The van der Waals surface area contributed by atoms with Crippen LogP contribution in [-0.4, -0.2) is 55.4 Å². The lowest BCUT2D eigenvalue weighted by Crippen LogP contribution is -2.39. The molecule has 0 saturated carbocycles. The molecule has 0 radical (unpaired) electrons. The van der Waals surface area contributed by atoms with Gasteiger partial charge in [0.15, 0.2) is 5.96 Å². The Morgan fingerprint density at radius 2 is 1.80 bits per heavy atom. The molecule has 0 aliphatic heterocycles. The Balaban J connectivity index is 0.00000576. The van der Waals surface area contributed by atoms with Crippen molar-refractivity contribution in [1.29, 1.82) is 0 Å². The van der Waals surface area contributed by atoms with Gasteiger partial charge in [0.05, 0.1) is 6.54 Å². The summed E-state index contributed by atoms with van der Waals surface area (Å²) in [6, 6.07) is 10.0. The van der Waals surface area contributed by atoms with Gasteiger partial charge in [0.1, 0.15) is 0 Å².